The predicted molar refractivity (Wildman–Crippen MR) is 96.6 cm³/mol. The van der Waals surface area contributed by atoms with Crippen molar-refractivity contribution in [1.29, 1.82) is 0 Å². The van der Waals surface area contributed by atoms with E-state index in [0.717, 1.165) is 11.4 Å². The van der Waals surface area contributed by atoms with E-state index in [0.29, 0.717) is 31.7 Å². The number of amides is 2. The molecule has 7 heteroatoms. The molecule has 2 aromatic heterocycles. The Morgan fingerprint density at radius 1 is 0.962 bits per heavy atom. The van der Waals surface area contributed by atoms with Gasteiger partial charge >= 0.3 is 6.09 Å². The molecule has 0 aliphatic carbocycles. The van der Waals surface area contributed by atoms with E-state index in [9.17, 15) is 9.59 Å². The Labute approximate surface area is 152 Å². The summed E-state index contributed by atoms with van der Waals surface area (Å²) in [4.78, 5) is 36.5. The van der Waals surface area contributed by atoms with Crippen molar-refractivity contribution in [2.75, 3.05) is 26.2 Å². The maximum absolute atomic E-state index is 12.6. The molecular weight excluding hydrogens is 332 g/mol. The average Bonchev–Trinajstić information content (AvgIpc) is 2.68. The molecule has 2 aromatic rings. The predicted octanol–water partition coefficient (Wildman–Crippen LogP) is 2.45. The first-order valence-corrected chi connectivity index (χ1v) is 8.67. The van der Waals surface area contributed by atoms with Gasteiger partial charge in [-0.25, -0.2) is 4.79 Å². The number of aromatic nitrogens is 2. The summed E-state index contributed by atoms with van der Waals surface area (Å²) in [5.74, 6) is -0.0815. The summed E-state index contributed by atoms with van der Waals surface area (Å²) in [5, 5.41) is 0. The summed E-state index contributed by atoms with van der Waals surface area (Å²) in [6, 6.07) is 9.18. The second-order valence-corrected chi connectivity index (χ2v) is 6.36. The maximum Gasteiger partial charge on any atom is 0.410 e. The van der Waals surface area contributed by atoms with E-state index in [1.165, 1.54) is 0 Å². The quantitative estimate of drug-likeness (QED) is 0.846. The van der Waals surface area contributed by atoms with E-state index < -0.39 is 0 Å². The van der Waals surface area contributed by atoms with Crippen molar-refractivity contribution in [3.63, 3.8) is 0 Å². The van der Waals surface area contributed by atoms with Crippen molar-refractivity contribution in [3.8, 4) is 11.4 Å². The molecule has 1 fully saturated rings. The summed E-state index contributed by atoms with van der Waals surface area (Å²) in [6.07, 6.45) is 2.81. The Hall–Kier alpha value is -2.96. The lowest BCUT2D eigenvalue weighted by molar-refractivity contribution is 0.0476. The van der Waals surface area contributed by atoms with Crippen LogP contribution >= 0.6 is 0 Å². The minimum atomic E-state index is -0.325. The van der Waals surface area contributed by atoms with Crippen molar-refractivity contribution in [2.24, 2.45) is 0 Å². The SMILES string of the molecule is CC(C)OC(=O)N1CCN(C(=O)c2ccc(-c3ccccn3)nc2)CC1. The summed E-state index contributed by atoms with van der Waals surface area (Å²) < 4.78 is 5.19. The number of ether oxygens (including phenoxy) is 1. The lowest BCUT2D eigenvalue weighted by atomic mass is 10.2. The number of carbonyl (C=O) groups is 2. The number of pyridine rings is 2. The molecule has 0 bridgehead atoms. The van der Waals surface area contributed by atoms with Crippen molar-refractivity contribution in [2.45, 2.75) is 20.0 Å². The molecule has 0 aromatic carbocycles. The maximum atomic E-state index is 12.6. The molecule has 0 saturated carbocycles. The lowest BCUT2D eigenvalue weighted by Gasteiger charge is -2.34. The van der Waals surface area contributed by atoms with E-state index in [4.69, 9.17) is 4.74 Å². The number of piperazine rings is 1. The summed E-state index contributed by atoms with van der Waals surface area (Å²) >= 11 is 0. The summed E-state index contributed by atoms with van der Waals surface area (Å²) in [7, 11) is 0. The zero-order valence-corrected chi connectivity index (χ0v) is 15.0. The zero-order valence-electron chi connectivity index (χ0n) is 15.0. The Bertz CT molecular complexity index is 754. The molecule has 0 spiro atoms. The first kappa shape index (κ1) is 17.8. The minimum absolute atomic E-state index is 0.0815. The molecular formula is C19H22N4O3. The number of rotatable bonds is 3. The molecule has 7 nitrogen and oxygen atoms in total. The molecule has 1 aliphatic heterocycles. The van der Waals surface area contributed by atoms with Crippen LogP contribution in [0.25, 0.3) is 11.4 Å². The average molecular weight is 354 g/mol. The van der Waals surface area contributed by atoms with Gasteiger partial charge in [0.2, 0.25) is 0 Å². The first-order chi connectivity index (χ1) is 12.5. The Balaban J connectivity index is 1.59. The largest absolute Gasteiger partial charge is 0.447 e. The fraction of sp³-hybridized carbons (Fsp3) is 0.368. The molecule has 3 rings (SSSR count). The Morgan fingerprint density at radius 2 is 1.65 bits per heavy atom. The number of nitrogens with zero attached hydrogens (tertiary/aromatic N) is 4. The monoisotopic (exact) mass is 354 g/mol. The topological polar surface area (TPSA) is 75.6 Å². The third-order valence-electron chi connectivity index (χ3n) is 4.10. The minimum Gasteiger partial charge on any atom is -0.447 e. The van der Waals surface area contributed by atoms with Gasteiger partial charge in [0.25, 0.3) is 5.91 Å². The van der Waals surface area contributed by atoms with E-state index in [2.05, 4.69) is 9.97 Å². The van der Waals surface area contributed by atoms with Crippen LogP contribution in [-0.4, -0.2) is 64.1 Å². The molecule has 3 heterocycles. The van der Waals surface area contributed by atoms with Crippen molar-refractivity contribution in [1.82, 2.24) is 19.8 Å². The van der Waals surface area contributed by atoms with Crippen LogP contribution in [0.15, 0.2) is 42.7 Å². The van der Waals surface area contributed by atoms with E-state index in [-0.39, 0.29) is 18.1 Å². The van der Waals surface area contributed by atoms with Crippen LogP contribution in [0.5, 0.6) is 0 Å². The van der Waals surface area contributed by atoms with E-state index in [1.807, 2.05) is 32.0 Å². The number of carbonyl (C=O) groups excluding carboxylic acids is 2. The highest BCUT2D eigenvalue weighted by Gasteiger charge is 2.26. The van der Waals surface area contributed by atoms with E-state index in [1.54, 1.807) is 34.3 Å². The van der Waals surface area contributed by atoms with Gasteiger partial charge in [0.05, 0.1) is 23.1 Å². The van der Waals surface area contributed by atoms with Gasteiger partial charge in [0.15, 0.2) is 0 Å². The van der Waals surface area contributed by atoms with E-state index >= 15 is 0 Å². The second kappa shape index (κ2) is 7.95. The molecule has 0 atom stereocenters. The number of hydrogen-bond acceptors (Lipinski definition) is 5. The smallest absolute Gasteiger partial charge is 0.410 e. The fourth-order valence-corrected chi connectivity index (χ4v) is 2.74. The molecule has 0 N–H and O–H groups in total. The zero-order chi connectivity index (χ0) is 18.5. The molecule has 0 radical (unpaired) electrons. The van der Waals surface area contributed by atoms with Crippen LogP contribution in [0.4, 0.5) is 4.79 Å². The van der Waals surface area contributed by atoms with Crippen LogP contribution in [0.2, 0.25) is 0 Å². The van der Waals surface area contributed by atoms with Crippen LogP contribution in [0.3, 0.4) is 0 Å². The number of hydrogen-bond donors (Lipinski definition) is 0. The van der Waals surface area contributed by atoms with Gasteiger partial charge in [-0.1, -0.05) is 6.07 Å². The molecule has 26 heavy (non-hydrogen) atoms. The molecule has 0 unspecified atom stereocenters. The Morgan fingerprint density at radius 3 is 2.23 bits per heavy atom. The lowest BCUT2D eigenvalue weighted by Crippen LogP contribution is -2.51. The van der Waals surface area contributed by atoms with Gasteiger partial charge in [0.1, 0.15) is 0 Å². The third-order valence-corrected chi connectivity index (χ3v) is 4.10. The van der Waals surface area contributed by atoms with Gasteiger partial charge in [0, 0.05) is 38.6 Å². The molecule has 2 amide bonds. The Kier molecular flexibility index (Phi) is 5.46. The highest BCUT2D eigenvalue weighted by molar-refractivity contribution is 5.94. The summed E-state index contributed by atoms with van der Waals surface area (Å²) in [5.41, 5.74) is 2.02. The van der Waals surface area contributed by atoms with Crippen molar-refractivity contribution < 1.29 is 14.3 Å². The van der Waals surface area contributed by atoms with Crippen LogP contribution in [0.1, 0.15) is 24.2 Å². The highest BCUT2D eigenvalue weighted by Crippen LogP contribution is 2.15. The van der Waals surface area contributed by atoms with Crippen LogP contribution in [-0.2, 0) is 4.74 Å². The first-order valence-electron chi connectivity index (χ1n) is 8.67. The van der Waals surface area contributed by atoms with Crippen molar-refractivity contribution >= 4 is 12.0 Å². The standard InChI is InChI=1S/C19H22N4O3/c1-14(2)26-19(25)23-11-9-22(10-12-23)18(24)15-6-7-17(21-13-15)16-5-3-4-8-20-16/h3-8,13-14H,9-12H2,1-2H3. The van der Waals surface area contributed by atoms with Crippen LogP contribution in [0, 0.1) is 0 Å². The molecule has 1 aliphatic rings. The van der Waals surface area contributed by atoms with Crippen LogP contribution < -0.4 is 0 Å². The van der Waals surface area contributed by atoms with Gasteiger partial charge in [-0.2, -0.15) is 0 Å². The fourth-order valence-electron chi connectivity index (χ4n) is 2.74. The second-order valence-electron chi connectivity index (χ2n) is 6.36. The normalized spacial score (nSPS) is 14.4. The molecule has 1 saturated heterocycles. The van der Waals surface area contributed by atoms with Gasteiger partial charge in [-0.3, -0.25) is 14.8 Å². The van der Waals surface area contributed by atoms with Gasteiger partial charge in [-0.15, -0.1) is 0 Å². The highest BCUT2D eigenvalue weighted by atomic mass is 16.6. The molecule has 136 valence electrons. The summed E-state index contributed by atoms with van der Waals surface area (Å²) in [6.45, 7) is 5.54. The van der Waals surface area contributed by atoms with Gasteiger partial charge in [-0.05, 0) is 38.1 Å². The van der Waals surface area contributed by atoms with Gasteiger partial charge < -0.3 is 14.5 Å². The third kappa shape index (κ3) is 4.17. The van der Waals surface area contributed by atoms with Crippen molar-refractivity contribution in [3.05, 3.63) is 48.3 Å².